The normalized spacial score (nSPS) is 14.6. The molecule has 0 N–H and O–H groups in total. The molecular weight excluding hydrogens is 635 g/mol. The number of furan rings is 1. The van der Waals surface area contributed by atoms with Gasteiger partial charge in [-0.2, -0.15) is 0 Å². The molecule has 45 heavy (non-hydrogen) atoms. The number of halogens is 2. The number of fused-ring (bicyclic) bond motifs is 1. The number of thiazole rings is 1. The second kappa shape index (κ2) is 12.8. The Morgan fingerprint density at radius 1 is 0.956 bits per heavy atom. The van der Waals surface area contributed by atoms with Gasteiger partial charge in [-0.05, 0) is 55.0 Å². The van der Waals surface area contributed by atoms with Crippen LogP contribution in [0.15, 0.2) is 98.6 Å². The molecule has 1 aliphatic rings. The Hall–Kier alpha value is -4.57. The lowest BCUT2D eigenvalue weighted by molar-refractivity contribution is -0.138. The number of nitrogens with zero attached hydrogens (tertiary/aromatic N) is 2. The minimum absolute atomic E-state index is 0.146. The zero-order valence-electron chi connectivity index (χ0n) is 24.4. The molecule has 0 bridgehead atoms. The molecule has 0 saturated carbocycles. The van der Waals surface area contributed by atoms with Crippen molar-refractivity contribution in [2.24, 2.45) is 4.99 Å². The number of carbonyl (C=O) groups excluding carboxylic acids is 1. The van der Waals surface area contributed by atoms with Crippen LogP contribution in [0.25, 0.3) is 23.1 Å². The molecule has 2 aromatic heterocycles. The number of rotatable bonds is 8. The summed E-state index contributed by atoms with van der Waals surface area (Å²) in [5.41, 5.74) is 2.37. The molecule has 1 aliphatic heterocycles. The van der Waals surface area contributed by atoms with Gasteiger partial charge in [0.25, 0.3) is 5.56 Å². The lowest BCUT2D eigenvalue weighted by Crippen LogP contribution is -2.40. The van der Waals surface area contributed by atoms with Gasteiger partial charge in [-0.1, -0.05) is 70.9 Å². The summed E-state index contributed by atoms with van der Waals surface area (Å²) in [6.45, 7) is 1.88. The SMILES string of the molecule is CCOC(=O)C1=C(c2ccccc2)N=c2s/c(=C\c3ccc(-c4ccc(Cl)c(Cl)c4)o3)c(=O)n2C1c1ccc(OC)c(OC)c1. The molecule has 11 heteroatoms. The first kappa shape index (κ1) is 30.5. The van der Waals surface area contributed by atoms with E-state index in [4.69, 9.17) is 46.8 Å². The van der Waals surface area contributed by atoms with Gasteiger partial charge in [-0.25, -0.2) is 9.79 Å². The van der Waals surface area contributed by atoms with E-state index in [1.54, 1.807) is 68.6 Å². The van der Waals surface area contributed by atoms with Crippen LogP contribution in [0.5, 0.6) is 11.5 Å². The number of methoxy groups -OCH3 is 2. The first-order valence-corrected chi connectivity index (χ1v) is 15.5. The lowest BCUT2D eigenvalue weighted by Gasteiger charge is -2.26. The van der Waals surface area contributed by atoms with Crippen LogP contribution in [0.1, 0.15) is 29.9 Å². The number of esters is 1. The van der Waals surface area contributed by atoms with Crippen molar-refractivity contribution in [1.82, 2.24) is 4.57 Å². The molecule has 3 aromatic carbocycles. The second-order valence-electron chi connectivity index (χ2n) is 9.88. The van der Waals surface area contributed by atoms with Gasteiger partial charge >= 0.3 is 5.97 Å². The third kappa shape index (κ3) is 5.82. The highest BCUT2D eigenvalue weighted by Crippen LogP contribution is 2.38. The van der Waals surface area contributed by atoms with E-state index in [0.29, 0.717) is 59.2 Å². The molecule has 0 aliphatic carbocycles. The third-order valence-electron chi connectivity index (χ3n) is 7.20. The number of hydrogen-bond acceptors (Lipinski definition) is 8. The number of carbonyl (C=O) groups is 1. The molecule has 3 heterocycles. The zero-order valence-corrected chi connectivity index (χ0v) is 26.7. The quantitative estimate of drug-likeness (QED) is 0.176. The fraction of sp³-hybridized carbons (Fsp3) is 0.147. The number of benzene rings is 3. The molecular formula is C34H26Cl2N2O6S. The maximum atomic E-state index is 14.2. The highest BCUT2D eigenvalue weighted by atomic mass is 35.5. The van der Waals surface area contributed by atoms with Gasteiger partial charge in [0, 0.05) is 17.2 Å². The Morgan fingerprint density at radius 2 is 1.73 bits per heavy atom. The summed E-state index contributed by atoms with van der Waals surface area (Å²) in [5, 5.41) is 0.844. The summed E-state index contributed by atoms with van der Waals surface area (Å²) in [6, 6.07) is 22.5. The second-order valence-corrected chi connectivity index (χ2v) is 11.7. The predicted molar refractivity (Wildman–Crippen MR) is 175 cm³/mol. The van der Waals surface area contributed by atoms with Gasteiger partial charge in [-0.15, -0.1) is 0 Å². The average Bonchev–Trinajstić information content (AvgIpc) is 3.65. The molecule has 0 amide bonds. The molecule has 228 valence electrons. The van der Waals surface area contributed by atoms with E-state index in [9.17, 15) is 9.59 Å². The fourth-order valence-corrected chi connectivity index (χ4v) is 6.42. The van der Waals surface area contributed by atoms with Gasteiger partial charge in [0.2, 0.25) is 0 Å². The maximum Gasteiger partial charge on any atom is 0.338 e. The van der Waals surface area contributed by atoms with Crippen LogP contribution in [-0.2, 0) is 9.53 Å². The third-order valence-corrected chi connectivity index (χ3v) is 8.92. The summed E-state index contributed by atoms with van der Waals surface area (Å²) in [4.78, 5) is 33.2. The van der Waals surface area contributed by atoms with E-state index in [1.807, 2.05) is 30.3 Å². The van der Waals surface area contributed by atoms with E-state index in [0.717, 1.165) is 5.56 Å². The topological polar surface area (TPSA) is 92.3 Å². The molecule has 0 spiro atoms. The number of ether oxygens (including phenoxy) is 3. The summed E-state index contributed by atoms with van der Waals surface area (Å²) < 4.78 is 24.5. The van der Waals surface area contributed by atoms with Crippen molar-refractivity contribution in [2.75, 3.05) is 20.8 Å². The number of aromatic nitrogens is 1. The van der Waals surface area contributed by atoms with E-state index >= 15 is 0 Å². The van der Waals surface area contributed by atoms with Crippen LogP contribution >= 0.6 is 34.5 Å². The average molecular weight is 662 g/mol. The van der Waals surface area contributed by atoms with E-state index in [-0.39, 0.29) is 17.7 Å². The van der Waals surface area contributed by atoms with Crippen LogP contribution in [0, 0.1) is 0 Å². The van der Waals surface area contributed by atoms with Crippen LogP contribution in [0.2, 0.25) is 10.0 Å². The van der Waals surface area contributed by atoms with Crippen LogP contribution < -0.4 is 24.4 Å². The van der Waals surface area contributed by atoms with Crippen LogP contribution in [0.3, 0.4) is 0 Å². The Kier molecular flexibility index (Phi) is 8.67. The Bertz CT molecular complexity index is 2130. The summed E-state index contributed by atoms with van der Waals surface area (Å²) in [5.74, 6) is 1.40. The molecule has 6 rings (SSSR count). The van der Waals surface area contributed by atoms with Crippen molar-refractivity contribution in [3.8, 4) is 22.8 Å². The van der Waals surface area contributed by atoms with E-state index in [1.165, 1.54) is 23.0 Å². The number of hydrogen-bond donors (Lipinski definition) is 0. The van der Waals surface area contributed by atoms with Gasteiger partial charge in [0.05, 0.1) is 52.7 Å². The van der Waals surface area contributed by atoms with Crippen molar-refractivity contribution < 1.29 is 23.4 Å². The lowest BCUT2D eigenvalue weighted by atomic mass is 9.93. The van der Waals surface area contributed by atoms with Gasteiger partial charge < -0.3 is 18.6 Å². The monoisotopic (exact) mass is 660 g/mol. The van der Waals surface area contributed by atoms with Gasteiger partial charge in [0.15, 0.2) is 16.3 Å². The molecule has 1 atom stereocenters. The van der Waals surface area contributed by atoms with Crippen molar-refractivity contribution in [1.29, 1.82) is 0 Å². The Balaban J connectivity index is 1.57. The standard InChI is InChI=1S/C34H26Cl2N2O6S/c1-4-43-33(40)29-30(19-8-6-5-7-9-19)37-34-38(31(29)21-11-14-26(41-2)27(17-21)42-3)32(39)28(45-34)18-22-12-15-25(44-22)20-10-13-23(35)24(36)16-20/h5-18,31H,4H2,1-3H3/b28-18-. The van der Waals surface area contributed by atoms with Gasteiger partial charge in [-0.3, -0.25) is 9.36 Å². The smallest absolute Gasteiger partial charge is 0.338 e. The Labute approximate surface area is 272 Å². The van der Waals surface area contributed by atoms with Crippen molar-refractivity contribution in [3.05, 3.63) is 131 Å². The first-order valence-electron chi connectivity index (χ1n) is 13.9. The molecule has 0 saturated heterocycles. The van der Waals surface area contributed by atoms with Crippen LogP contribution in [-0.4, -0.2) is 31.4 Å². The van der Waals surface area contributed by atoms with E-state index < -0.39 is 12.0 Å². The summed E-state index contributed by atoms with van der Waals surface area (Å²) >= 11 is 13.5. The van der Waals surface area contributed by atoms with Crippen molar-refractivity contribution >= 4 is 52.3 Å². The first-order chi connectivity index (χ1) is 21.8. The highest BCUT2D eigenvalue weighted by Gasteiger charge is 2.35. The molecule has 1 unspecified atom stereocenters. The molecule has 0 fully saturated rings. The largest absolute Gasteiger partial charge is 0.493 e. The molecule has 0 radical (unpaired) electrons. The summed E-state index contributed by atoms with van der Waals surface area (Å²) in [6.07, 6.45) is 1.66. The fourth-order valence-electron chi connectivity index (χ4n) is 5.14. The van der Waals surface area contributed by atoms with Crippen LogP contribution in [0.4, 0.5) is 0 Å². The minimum atomic E-state index is -0.874. The summed E-state index contributed by atoms with van der Waals surface area (Å²) in [7, 11) is 3.07. The van der Waals surface area contributed by atoms with E-state index in [2.05, 4.69) is 0 Å². The van der Waals surface area contributed by atoms with Crippen molar-refractivity contribution in [2.45, 2.75) is 13.0 Å². The highest BCUT2D eigenvalue weighted by molar-refractivity contribution is 7.07. The van der Waals surface area contributed by atoms with Crippen molar-refractivity contribution in [3.63, 3.8) is 0 Å². The molecule has 5 aromatic rings. The Morgan fingerprint density at radius 3 is 2.44 bits per heavy atom. The zero-order chi connectivity index (χ0) is 31.7. The van der Waals surface area contributed by atoms with Gasteiger partial charge in [0.1, 0.15) is 11.5 Å². The molecule has 8 nitrogen and oxygen atoms in total. The predicted octanol–water partition coefficient (Wildman–Crippen LogP) is 6.52. The maximum absolute atomic E-state index is 14.2. The minimum Gasteiger partial charge on any atom is -0.493 e.